The number of rotatable bonds is 1. The van der Waals surface area contributed by atoms with Gasteiger partial charge in [-0.3, -0.25) is 14.4 Å². The number of carbonyl (C=O) groups excluding carboxylic acids is 3. The van der Waals surface area contributed by atoms with Crippen LogP contribution in [0.25, 0.3) is 0 Å². The van der Waals surface area contributed by atoms with Crippen LogP contribution in [0.4, 0.5) is 0 Å². The highest BCUT2D eigenvalue weighted by Gasteiger charge is 2.70. The lowest BCUT2D eigenvalue weighted by Gasteiger charge is -2.69. The SMILES string of the molecule is CNC(=O)[C@]12CCC(C)(C)C[C@H]1[C@H]1C(=O)C=C3[C@@]4(C)C=C(C#N)C(=O)C(C)(C)C4CC[C@@]3(C)[C@]1(C)CC2. The number of hydrogen-bond acceptors (Lipinski definition) is 4. The van der Waals surface area contributed by atoms with Crippen LogP contribution in [0.1, 0.15) is 93.4 Å². The molecule has 0 heterocycles. The summed E-state index contributed by atoms with van der Waals surface area (Å²) in [4.78, 5) is 41.1. The van der Waals surface area contributed by atoms with Crippen LogP contribution in [0, 0.1) is 61.6 Å². The zero-order valence-corrected chi connectivity index (χ0v) is 24.0. The van der Waals surface area contributed by atoms with Gasteiger partial charge in [-0.1, -0.05) is 60.1 Å². The molecule has 0 radical (unpaired) electrons. The van der Waals surface area contributed by atoms with Crippen molar-refractivity contribution < 1.29 is 14.4 Å². The summed E-state index contributed by atoms with van der Waals surface area (Å²) in [6, 6.07) is 2.18. The van der Waals surface area contributed by atoms with Gasteiger partial charge in [-0.05, 0) is 79.1 Å². The molecule has 5 rings (SSSR count). The van der Waals surface area contributed by atoms with E-state index in [4.69, 9.17) is 0 Å². The Bertz CT molecular complexity index is 1200. The summed E-state index contributed by atoms with van der Waals surface area (Å²) < 4.78 is 0. The Labute approximate surface area is 222 Å². The van der Waals surface area contributed by atoms with E-state index in [2.05, 4.69) is 46.0 Å². The first-order chi connectivity index (χ1) is 17.0. The zero-order chi connectivity index (χ0) is 27.4. The first kappa shape index (κ1) is 26.4. The van der Waals surface area contributed by atoms with E-state index in [0.717, 1.165) is 50.5 Å². The number of nitrogens with zero attached hydrogens (tertiary/aromatic N) is 1. The molecule has 5 heteroatoms. The van der Waals surface area contributed by atoms with Gasteiger partial charge < -0.3 is 5.32 Å². The number of nitriles is 1. The Kier molecular flexibility index (Phi) is 5.47. The second-order valence-corrected chi connectivity index (χ2v) is 15.0. The second kappa shape index (κ2) is 7.67. The minimum atomic E-state index is -0.661. The molecular formula is C32H44N2O3. The van der Waals surface area contributed by atoms with Gasteiger partial charge in [0.25, 0.3) is 0 Å². The van der Waals surface area contributed by atoms with Crippen LogP contribution in [-0.4, -0.2) is 24.5 Å². The van der Waals surface area contributed by atoms with Gasteiger partial charge in [-0.2, -0.15) is 5.26 Å². The van der Waals surface area contributed by atoms with E-state index in [-0.39, 0.29) is 57.0 Å². The fourth-order valence-electron chi connectivity index (χ4n) is 10.3. The average Bonchev–Trinajstić information content (AvgIpc) is 2.82. The number of ketones is 2. The first-order valence-electron chi connectivity index (χ1n) is 14.2. The molecule has 7 atom stereocenters. The third-order valence-corrected chi connectivity index (χ3v) is 12.5. The predicted octanol–water partition coefficient (Wildman–Crippen LogP) is 5.95. The maximum Gasteiger partial charge on any atom is 0.226 e. The number of carbonyl (C=O) groups is 3. The number of Topliss-reactive ketones (excluding diaryl/α,β-unsaturated/α-hetero) is 1. The van der Waals surface area contributed by atoms with Crippen molar-refractivity contribution in [2.24, 2.45) is 50.2 Å². The van der Waals surface area contributed by atoms with Gasteiger partial charge in [-0.15, -0.1) is 0 Å². The third kappa shape index (κ3) is 3.11. The van der Waals surface area contributed by atoms with Gasteiger partial charge in [0.15, 0.2) is 11.6 Å². The average molecular weight is 505 g/mol. The summed E-state index contributed by atoms with van der Waals surface area (Å²) in [7, 11) is 1.73. The van der Waals surface area contributed by atoms with Crippen molar-refractivity contribution in [1.82, 2.24) is 5.32 Å². The molecule has 0 aromatic rings. The smallest absolute Gasteiger partial charge is 0.226 e. The summed E-state index contributed by atoms with van der Waals surface area (Å²) in [5.74, 6) is 0.0213. The second-order valence-electron chi connectivity index (χ2n) is 15.0. The van der Waals surface area contributed by atoms with Gasteiger partial charge >= 0.3 is 0 Å². The van der Waals surface area contributed by atoms with Crippen LogP contribution >= 0.6 is 0 Å². The van der Waals surface area contributed by atoms with E-state index in [1.54, 1.807) is 7.05 Å². The number of fused-ring (bicyclic) bond motifs is 7. The van der Waals surface area contributed by atoms with E-state index in [1.165, 1.54) is 0 Å². The molecule has 0 aromatic heterocycles. The summed E-state index contributed by atoms with van der Waals surface area (Å²) >= 11 is 0. The van der Waals surface area contributed by atoms with Gasteiger partial charge in [0, 0.05) is 23.8 Å². The van der Waals surface area contributed by atoms with Crippen molar-refractivity contribution in [1.29, 1.82) is 5.26 Å². The molecule has 0 saturated heterocycles. The van der Waals surface area contributed by atoms with Crippen LogP contribution in [0.5, 0.6) is 0 Å². The van der Waals surface area contributed by atoms with E-state index in [1.807, 2.05) is 26.0 Å². The largest absolute Gasteiger partial charge is 0.359 e. The monoisotopic (exact) mass is 504 g/mol. The summed E-state index contributed by atoms with van der Waals surface area (Å²) in [5.41, 5.74) is -0.787. The van der Waals surface area contributed by atoms with Crippen molar-refractivity contribution in [3.05, 3.63) is 23.3 Å². The Morgan fingerprint density at radius 3 is 2.27 bits per heavy atom. The standard InChI is InChI=1S/C32H44N2O3/c1-27(2)11-13-32(26(37)34-8)14-12-31(7)24(20(32)17-27)21(35)15-23-29(5)16-19(18-33)25(36)28(3,4)22(29)9-10-30(23,31)6/h15-16,20,22,24H,9-14,17H2,1-8H3,(H,34,37)/t20-,22?,24-,29-,30+,31+,32-/m0/s1. The van der Waals surface area contributed by atoms with Crippen molar-refractivity contribution in [3.8, 4) is 6.07 Å². The molecule has 3 fully saturated rings. The fraction of sp³-hybridized carbons (Fsp3) is 0.750. The lowest BCUT2D eigenvalue weighted by Crippen LogP contribution is -2.66. The number of nitrogens with one attached hydrogen (secondary N) is 1. The molecular weight excluding hydrogens is 460 g/mol. The number of allylic oxidation sites excluding steroid dienone is 4. The van der Waals surface area contributed by atoms with Crippen molar-refractivity contribution in [3.63, 3.8) is 0 Å². The fourth-order valence-corrected chi connectivity index (χ4v) is 10.3. The molecule has 0 spiro atoms. The number of amides is 1. The Balaban J connectivity index is 1.71. The van der Waals surface area contributed by atoms with E-state index < -0.39 is 16.2 Å². The molecule has 37 heavy (non-hydrogen) atoms. The van der Waals surface area contributed by atoms with Gasteiger partial charge in [0.05, 0.1) is 11.0 Å². The van der Waals surface area contributed by atoms with E-state index >= 15 is 0 Å². The highest BCUT2D eigenvalue weighted by Crippen LogP contribution is 2.74. The first-order valence-corrected chi connectivity index (χ1v) is 14.2. The molecule has 3 saturated carbocycles. The molecule has 0 aliphatic heterocycles. The van der Waals surface area contributed by atoms with Gasteiger partial charge in [0.2, 0.25) is 5.91 Å². The normalized spacial score (nSPS) is 45.6. The van der Waals surface area contributed by atoms with Crippen LogP contribution in [0.3, 0.4) is 0 Å². The van der Waals surface area contributed by atoms with Crippen LogP contribution in [-0.2, 0) is 14.4 Å². The molecule has 0 aromatic carbocycles. The summed E-state index contributed by atoms with van der Waals surface area (Å²) in [5, 5.41) is 12.8. The molecule has 1 unspecified atom stereocenters. The van der Waals surface area contributed by atoms with Crippen LogP contribution in [0.2, 0.25) is 0 Å². The highest BCUT2D eigenvalue weighted by molar-refractivity contribution is 6.04. The molecule has 1 amide bonds. The third-order valence-electron chi connectivity index (χ3n) is 12.5. The molecule has 200 valence electrons. The molecule has 5 aliphatic rings. The van der Waals surface area contributed by atoms with Gasteiger partial charge in [-0.25, -0.2) is 0 Å². The minimum absolute atomic E-state index is 0.0113. The van der Waals surface area contributed by atoms with Crippen LogP contribution < -0.4 is 5.32 Å². The Hall–Kier alpha value is -2.22. The lowest BCUT2D eigenvalue weighted by molar-refractivity contribution is -0.178. The Morgan fingerprint density at radius 2 is 1.65 bits per heavy atom. The van der Waals surface area contributed by atoms with Crippen molar-refractivity contribution in [2.45, 2.75) is 93.4 Å². The van der Waals surface area contributed by atoms with Crippen molar-refractivity contribution in [2.75, 3.05) is 7.05 Å². The maximum absolute atomic E-state index is 14.4. The lowest BCUT2D eigenvalue weighted by atomic mass is 9.34. The highest BCUT2D eigenvalue weighted by atomic mass is 16.2. The quantitative estimate of drug-likeness (QED) is 0.478. The number of hydrogen-bond donors (Lipinski definition) is 1. The Morgan fingerprint density at radius 1 is 1.00 bits per heavy atom. The summed E-state index contributed by atoms with van der Waals surface area (Å²) in [6.45, 7) is 15.3. The molecule has 0 bridgehead atoms. The molecule has 1 N–H and O–H groups in total. The summed E-state index contributed by atoms with van der Waals surface area (Å²) in [6.07, 6.45) is 9.95. The van der Waals surface area contributed by atoms with E-state index in [9.17, 15) is 19.6 Å². The minimum Gasteiger partial charge on any atom is -0.359 e. The van der Waals surface area contributed by atoms with Crippen LogP contribution in [0.15, 0.2) is 23.3 Å². The topological polar surface area (TPSA) is 87.0 Å². The predicted molar refractivity (Wildman–Crippen MR) is 143 cm³/mol. The molecule has 5 nitrogen and oxygen atoms in total. The maximum atomic E-state index is 14.4. The molecule has 5 aliphatic carbocycles. The van der Waals surface area contributed by atoms with Gasteiger partial charge in [0.1, 0.15) is 6.07 Å². The van der Waals surface area contributed by atoms with Crippen molar-refractivity contribution >= 4 is 17.5 Å². The zero-order valence-electron chi connectivity index (χ0n) is 24.0. The van der Waals surface area contributed by atoms with E-state index in [0.29, 0.717) is 0 Å².